The van der Waals surface area contributed by atoms with Crippen LogP contribution in [0.1, 0.15) is 57.8 Å². The van der Waals surface area contributed by atoms with Gasteiger partial charge in [-0.3, -0.25) is 9.78 Å². The van der Waals surface area contributed by atoms with Gasteiger partial charge in [0.05, 0.1) is 17.8 Å². The van der Waals surface area contributed by atoms with Crippen molar-refractivity contribution < 1.29 is 4.79 Å². The number of nitrogens with one attached hydrogen (secondary N) is 2. The monoisotopic (exact) mass is 537 g/mol. The highest BCUT2D eigenvalue weighted by Crippen LogP contribution is 2.41. The predicted octanol–water partition coefficient (Wildman–Crippen LogP) is 6.17. The number of amides is 1. The molecule has 0 aliphatic carbocycles. The van der Waals surface area contributed by atoms with E-state index in [0.29, 0.717) is 18.1 Å². The summed E-state index contributed by atoms with van der Waals surface area (Å²) in [7, 11) is 0. The highest BCUT2D eigenvalue weighted by atomic mass is 32.1. The average Bonchev–Trinajstić information content (AvgIpc) is 3.41. The van der Waals surface area contributed by atoms with Crippen molar-refractivity contribution in [2.75, 3.05) is 11.9 Å². The Morgan fingerprint density at radius 2 is 1.77 bits per heavy atom. The molecule has 200 valence electrons. The zero-order valence-corrected chi connectivity index (χ0v) is 23.8. The second-order valence-electron chi connectivity index (χ2n) is 10.3. The van der Waals surface area contributed by atoms with Gasteiger partial charge in [-0.15, -0.1) is 0 Å². The molecule has 1 aliphatic rings. The van der Waals surface area contributed by atoms with E-state index in [1.807, 2.05) is 56.4 Å². The first-order valence-corrected chi connectivity index (χ1v) is 13.8. The quantitative estimate of drug-likeness (QED) is 0.263. The highest BCUT2D eigenvalue weighted by Gasteiger charge is 2.41. The lowest BCUT2D eigenvalue weighted by Gasteiger charge is -2.28. The number of rotatable bonds is 8. The van der Waals surface area contributed by atoms with Crippen LogP contribution in [0.15, 0.2) is 79.0 Å². The Hall–Kier alpha value is -3.97. The number of aromatic nitrogens is 2. The Morgan fingerprint density at radius 3 is 2.51 bits per heavy atom. The Balaban J connectivity index is 1.43. The van der Waals surface area contributed by atoms with Crippen LogP contribution >= 0.6 is 12.2 Å². The molecule has 2 atom stereocenters. The number of thiocarbonyl (C=S) groups is 1. The van der Waals surface area contributed by atoms with Gasteiger partial charge in [0.1, 0.15) is 0 Å². The maximum Gasteiger partial charge on any atom is 0.226 e. The van der Waals surface area contributed by atoms with Gasteiger partial charge in [-0.1, -0.05) is 48.5 Å². The molecule has 0 bridgehead atoms. The van der Waals surface area contributed by atoms with E-state index in [1.165, 1.54) is 22.5 Å². The smallest absolute Gasteiger partial charge is 0.226 e. The molecular formula is C32H35N5OS. The summed E-state index contributed by atoms with van der Waals surface area (Å²) in [5, 5.41) is 7.25. The normalized spacial score (nSPS) is 16.8. The first-order valence-electron chi connectivity index (χ1n) is 13.4. The topological polar surface area (TPSA) is 62.2 Å². The molecule has 1 saturated heterocycles. The van der Waals surface area contributed by atoms with E-state index in [-0.39, 0.29) is 18.0 Å². The van der Waals surface area contributed by atoms with Crippen molar-refractivity contribution in [3.8, 4) is 0 Å². The Labute approximate surface area is 236 Å². The van der Waals surface area contributed by atoms with E-state index < -0.39 is 0 Å². The minimum absolute atomic E-state index is 0.0268. The number of nitrogens with zero attached hydrogens (tertiary/aromatic N) is 3. The number of carbonyl (C=O) groups is 1. The molecule has 1 fully saturated rings. The second-order valence-corrected chi connectivity index (χ2v) is 10.7. The maximum absolute atomic E-state index is 13.0. The summed E-state index contributed by atoms with van der Waals surface area (Å²) >= 11 is 5.85. The zero-order valence-electron chi connectivity index (χ0n) is 22.9. The average molecular weight is 538 g/mol. The lowest BCUT2D eigenvalue weighted by molar-refractivity contribution is -0.116. The van der Waals surface area contributed by atoms with Crippen LogP contribution in [-0.4, -0.2) is 32.0 Å². The molecule has 1 amide bonds. The number of hydrogen-bond acceptors (Lipinski definition) is 3. The first kappa shape index (κ1) is 26.6. The molecule has 39 heavy (non-hydrogen) atoms. The number of aryl methyl sites for hydroxylation is 3. The highest BCUT2D eigenvalue weighted by molar-refractivity contribution is 7.80. The van der Waals surface area contributed by atoms with Gasteiger partial charge < -0.3 is 20.1 Å². The fraction of sp³-hybridized carbons (Fsp3) is 0.281. The van der Waals surface area contributed by atoms with Crippen molar-refractivity contribution in [3.63, 3.8) is 0 Å². The molecule has 6 nitrogen and oxygen atoms in total. The van der Waals surface area contributed by atoms with Crippen LogP contribution in [0.5, 0.6) is 0 Å². The molecule has 7 heteroatoms. The summed E-state index contributed by atoms with van der Waals surface area (Å²) in [6, 6.07) is 24.6. The van der Waals surface area contributed by atoms with Gasteiger partial charge in [-0.05, 0) is 86.4 Å². The van der Waals surface area contributed by atoms with E-state index in [2.05, 4.69) is 75.3 Å². The summed E-state index contributed by atoms with van der Waals surface area (Å²) in [6.45, 7) is 9.66. The molecule has 0 radical (unpaired) electrons. The summed E-state index contributed by atoms with van der Waals surface area (Å²) in [5.41, 5.74) is 8.79. The largest absolute Gasteiger partial charge is 0.352 e. The van der Waals surface area contributed by atoms with Gasteiger partial charge in [0.15, 0.2) is 5.11 Å². The number of hydrogen-bond donors (Lipinski definition) is 2. The van der Waals surface area contributed by atoms with E-state index in [9.17, 15) is 4.79 Å². The molecular weight excluding hydrogens is 502 g/mol. The fourth-order valence-corrected chi connectivity index (χ4v) is 5.76. The van der Waals surface area contributed by atoms with Crippen molar-refractivity contribution in [1.82, 2.24) is 19.8 Å². The minimum Gasteiger partial charge on any atom is -0.352 e. The molecule has 2 aromatic carbocycles. The van der Waals surface area contributed by atoms with Crippen molar-refractivity contribution in [2.45, 2.75) is 52.7 Å². The van der Waals surface area contributed by atoms with E-state index >= 15 is 0 Å². The summed E-state index contributed by atoms with van der Waals surface area (Å²) in [4.78, 5) is 19.9. The molecule has 0 saturated carbocycles. The Morgan fingerprint density at radius 1 is 1.00 bits per heavy atom. The molecule has 0 spiro atoms. The van der Waals surface area contributed by atoms with E-state index in [0.717, 1.165) is 29.1 Å². The third-order valence-electron chi connectivity index (χ3n) is 7.56. The van der Waals surface area contributed by atoms with Crippen LogP contribution in [0.4, 0.5) is 5.69 Å². The SMILES string of the molecule is Cc1ccc(C)c(NC(=O)CCN2C(=S)N[C@@H](c3ccccn3)[C@@H]2c2cc(C)n(Cc3ccccc3)c2C)c1. The second kappa shape index (κ2) is 11.4. The van der Waals surface area contributed by atoms with Crippen LogP contribution in [-0.2, 0) is 11.3 Å². The van der Waals surface area contributed by atoms with Crippen molar-refractivity contribution in [1.29, 1.82) is 0 Å². The summed E-state index contributed by atoms with van der Waals surface area (Å²) in [6.07, 6.45) is 2.14. The van der Waals surface area contributed by atoms with Crippen LogP contribution < -0.4 is 10.6 Å². The Bertz CT molecular complexity index is 1480. The third-order valence-corrected chi connectivity index (χ3v) is 7.91. The minimum atomic E-state index is -0.119. The fourth-order valence-electron chi connectivity index (χ4n) is 5.43. The van der Waals surface area contributed by atoms with Crippen LogP contribution in [0, 0.1) is 27.7 Å². The number of anilines is 1. The molecule has 3 heterocycles. The van der Waals surface area contributed by atoms with Crippen LogP contribution in [0.3, 0.4) is 0 Å². The molecule has 0 unspecified atom stereocenters. The molecule has 1 aliphatic heterocycles. The third kappa shape index (κ3) is 5.73. The van der Waals surface area contributed by atoms with E-state index in [4.69, 9.17) is 12.2 Å². The molecule has 5 rings (SSSR count). The van der Waals surface area contributed by atoms with Gasteiger partial charge in [0.2, 0.25) is 5.91 Å². The molecule has 2 aromatic heterocycles. The van der Waals surface area contributed by atoms with Gasteiger partial charge in [-0.2, -0.15) is 0 Å². The van der Waals surface area contributed by atoms with E-state index in [1.54, 1.807) is 0 Å². The maximum atomic E-state index is 13.0. The summed E-state index contributed by atoms with van der Waals surface area (Å²) in [5.74, 6) is -0.0268. The standard InChI is InChI=1S/C32H35N5OS/c1-21-13-14-22(2)28(18-21)34-29(38)15-17-36-31(30(35-32(36)39)27-12-8-9-16-33-27)26-19-23(3)37(24(26)4)20-25-10-6-5-7-11-25/h5-14,16,18-19,30-31H,15,17,20H2,1-4H3,(H,34,38)(H,35,39)/t30-,31-/m0/s1. The van der Waals surface area contributed by atoms with Gasteiger partial charge in [-0.25, -0.2) is 0 Å². The zero-order chi connectivity index (χ0) is 27.5. The van der Waals surface area contributed by atoms with Gasteiger partial charge >= 0.3 is 0 Å². The van der Waals surface area contributed by atoms with Crippen molar-refractivity contribution in [2.24, 2.45) is 0 Å². The Kier molecular flexibility index (Phi) is 7.79. The first-order chi connectivity index (χ1) is 18.8. The lowest BCUT2D eigenvalue weighted by atomic mass is 9.96. The lowest BCUT2D eigenvalue weighted by Crippen LogP contribution is -2.33. The van der Waals surface area contributed by atoms with Crippen LogP contribution in [0.25, 0.3) is 0 Å². The van der Waals surface area contributed by atoms with Crippen molar-refractivity contribution >= 4 is 28.9 Å². The van der Waals surface area contributed by atoms with Gasteiger partial charge in [0, 0.05) is 42.8 Å². The predicted molar refractivity (Wildman–Crippen MR) is 161 cm³/mol. The molecule has 4 aromatic rings. The molecule has 2 N–H and O–H groups in total. The van der Waals surface area contributed by atoms with Crippen molar-refractivity contribution in [3.05, 3.63) is 118 Å². The van der Waals surface area contributed by atoms with Crippen LogP contribution in [0.2, 0.25) is 0 Å². The number of carbonyl (C=O) groups excluding carboxylic acids is 1. The summed E-state index contributed by atoms with van der Waals surface area (Å²) < 4.78 is 2.35. The van der Waals surface area contributed by atoms with Gasteiger partial charge in [0.25, 0.3) is 0 Å². The number of benzene rings is 2. The number of pyridine rings is 1.